The molecular formula is C24H32N2O3. The van der Waals surface area contributed by atoms with E-state index in [-0.39, 0.29) is 11.8 Å². The molecule has 2 N–H and O–H groups in total. The summed E-state index contributed by atoms with van der Waals surface area (Å²) < 4.78 is 5.86. The van der Waals surface area contributed by atoms with Crippen molar-refractivity contribution in [2.45, 2.75) is 54.1 Å². The first kappa shape index (κ1) is 22.5. The number of amides is 2. The molecule has 2 aromatic rings. The fraction of sp³-hybridized carbons (Fsp3) is 0.417. The fourth-order valence-electron chi connectivity index (χ4n) is 2.76. The van der Waals surface area contributed by atoms with Gasteiger partial charge in [0, 0.05) is 24.1 Å². The van der Waals surface area contributed by atoms with Gasteiger partial charge in [0.05, 0.1) is 0 Å². The van der Waals surface area contributed by atoms with E-state index in [1.54, 1.807) is 0 Å². The quantitative estimate of drug-likeness (QED) is 0.632. The van der Waals surface area contributed by atoms with Crippen LogP contribution in [0.2, 0.25) is 0 Å². The molecule has 2 rings (SSSR count). The smallest absolute Gasteiger partial charge is 0.225 e. The number of rotatable bonds is 8. The van der Waals surface area contributed by atoms with E-state index in [1.165, 1.54) is 5.56 Å². The van der Waals surface area contributed by atoms with Crippen molar-refractivity contribution in [3.05, 3.63) is 59.2 Å². The van der Waals surface area contributed by atoms with Crippen LogP contribution in [0.3, 0.4) is 0 Å². The highest BCUT2D eigenvalue weighted by Gasteiger charge is 2.20. The van der Waals surface area contributed by atoms with Gasteiger partial charge < -0.3 is 15.4 Å². The van der Waals surface area contributed by atoms with Gasteiger partial charge in [-0.15, -0.1) is 0 Å². The first-order valence-electron chi connectivity index (χ1n) is 10.0. The predicted octanol–water partition coefficient (Wildman–Crippen LogP) is 4.76. The number of hydrogen-bond donors (Lipinski definition) is 2. The average molecular weight is 397 g/mol. The molecular weight excluding hydrogens is 364 g/mol. The maximum atomic E-state index is 12.2. The molecule has 0 aromatic heterocycles. The van der Waals surface area contributed by atoms with Crippen molar-refractivity contribution in [2.75, 3.05) is 11.9 Å². The molecule has 0 aliphatic carbocycles. The molecule has 2 amide bonds. The molecule has 5 nitrogen and oxygen atoms in total. The van der Waals surface area contributed by atoms with Crippen molar-refractivity contribution < 1.29 is 14.3 Å². The summed E-state index contributed by atoms with van der Waals surface area (Å²) in [6.07, 6.45) is 0.958. The molecule has 0 fully saturated rings. The van der Waals surface area contributed by atoms with Gasteiger partial charge in [-0.3, -0.25) is 9.59 Å². The SMILES string of the molecule is Cc1cccc(COc2ccc(NC(=O)CCCNC(=O)C(C)(C)C)c(C)c2)c1. The number of carbonyl (C=O) groups excluding carboxylic acids is 2. The monoisotopic (exact) mass is 396 g/mol. The Balaban J connectivity index is 1.79. The topological polar surface area (TPSA) is 67.4 Å². The van der Waals surface area contributed by atoms with Crippen molar-refractivity contribution in [1.82, 2.24) is 5.32 Å². The zero-order valence-electron chi connectivity index (χ0n) is 18.1. The summed E-state index contributed by atoms with van der Waals surface area (Å²) >= 11 is 0. The van der Waals surface area contributed by atoms with Crippen molar-refractivity contribution in [3.8, 4) is 5.75 Å². The van der Waals surface area contributed by atoms with Gasteiger partial charge in [0.1, 0.15) is 12.4 Å². The Kier molecular flexibility index (Phi) is 7.82. The van der Waals surface area contributed by atoms with Crippen LogP contribution in [-0.4, -0.2) is 18.4 Å². The second kappa shape index (κ2) is 10.1. The van der Waals surface area contributed by atoms with E-state index in [0.29, 0.717) is 26.0 Å². The molecule has 29 heavy (non-hydrogen) atoms. The highest BCUT2D eigenvalue weighted by atomic mass is 16.5. The van der Waals surface area contributed by atoms with Crippen LogP contribution in [0.1, 0.15) is 50.3 Å². The average Bonchev–Trinajstić information content (AvgIpc) is 2.64. The molecule has 0 heterocycles. The number of nitrogens with one attached hydrogen (secondary N) is 2. The van der Waals surface area contributed by atoms with Crippen LogP contribution in [0.25, 0.3) is 0 Å². The van der Waals surface area contributed by atoms with Crippen molar-refractivity contribution in [3.63, 3.8) is 0 Å². The van der Waals surface area contributed by atoms with E-state index in [0.717, 1.165) is 22.6 Å². The summed E-state index contributed by atoms with van der Waals surface area (Å²) in [6, 6.07) is 13.9. The lowest BCUT2D eigenvalue weighted by atomic mass is 9.96. The third-order valence-corrected chi connectivity index (χ3v) is 4.51. The normalized spacial score (nSPS) is 11.1. The Bertz CT molecular complexity index is 853. The van der Waals surface area contributed by atoms with E-state index in [4.69, 9.17) is 4.74 Å². The zero-order valence-corrected chi connectivity index (χ0v) is 18.1. The summed E-state index contributed by atoms with van der Waals surface area (Å²) in [7, 11) is 0. The largest absolute Gasteiger partial charge is 0.489 e. The highest BCUT2D eigenvalue weighted by Crippen LogP contribution is 2.22. The van der Waals surface area contributed by atoms with Gasteiger partial charge in [0.15, 0.2) is 0 Å². The standard InChI is InChI=1S/C24H32N2O3/c1-17-8-6-9-19(14-17)16-29-20-11-12-21(18(2)15-20)26-22(27)10-7-13-25-23(28)24(3,4)5/h6,8-9,11-12,14-15H,7,10,13,16H2,1-5H3,(H,25,28)(H,26,27). The van der Waals surface area contributed by atoms with Gasteiger partial charge in [-0.25, -0.2) is 0 Å². The molecule has 0 radical (unpaired) electrons. The molecule has 0 saturated carbocycles. The van der Waals surface area contributed by atoms with Crippen LogP contribution < -0.4 is 15.4 Å². The van der Waals surface area contributed by atoms with Crippen molar-refractivity contribution >= 4 is 17.5 Å². The Hall–Kier alpha value is -2.82. The van der Waals surface area contributed by atoms with E-state index >= 15 is 0 Å². The van der Waals surface area contributed by atoms with Crippen molar-refractivity contribution in [1.29, 1.82) is 0 Å². The minimum Gasteiger partial charge on any atom is -0.489 e. The van der Waals surface area contributed by atoms with Crippen LogP contribution in [0.15, 0.2) is 42.5 Å². The molecule has 2 aromatic carbocycles. The number of benzene rings is 2. The maximum absolute atomic E-state index is 12.2. The lowest BCUT2D eigenvalue weighted by molar-refractivity contribution is -0.128. The van der Waals surface area contributed by atoms with Gasteiger partial charge >= 0.3 is 0 Å². The second-order valence-electron chi connectivity index (χ2n) is 8.41. The number of hydrogen-bond acceptors (Lipinski definition) is 3. The Labute approximate surface area is 173 Å². The van der Waals surface area contributed by atoms with Crippen molar-refractivity contribution in [2.24, 2.45) is 5.41 Å². The first-order chi connectivity index (χ1) is 13.6. The Morgan fingerprint density at radius 2 is 1.79 bits per heavy atom. The lowest BCUT2D eigenvalue weighted by Crippen LogP contribution is -2.35. The third-order valence-electron chi connectivity index (χ3n) is 4.51. The van der Waals surface area contributed by atoms with Gasteiger partial charge in [-0.05, 0) is 49.6 Å². The van der Waals surface area contributed by atoms with Gasteiger partial charge in [0.2, 0.25) is 11.8 Å². The molecule has 156 valence electrons. The highest BCUT2D eigenvalue weighted by molar-refractivity contribution is 5.91. The molecule has 0 unspecified atom stereocenters. The van der Waals surface area contributed by atoms with Crippen LogP contribution in [0.5, 0.6) is 5.75 Å². The van der Waals surface area contributed by atoms with Gasteiger partial charge in [-0.1, -0.05) is 50.6 Å². The van der Waals surface area contributed by atoms with E-state index in [9.17, 15) is 9.59 Å². The van der Waals surface area contributed by atoms with Gasteiger partial charge in [-0.2, -0.15) is 0 Å². The molecule has 0 bridgehead atoms. The number of carbonyl (C=O) groups is 2. The summed E-state index contributed by atoms with van der Waals surface area (Å²) in [4.78, 5) is 24.0. The fourth-order valence-corrected chi connectivity index (χ4v) is 2.76. The molecule has 0 aliphatic heterocycles. The minimum atomic E-state index is -0.414. The van der Waals surface area contributed by atoms with Crippen LogP contribution in [0.4, 0.5) is 5.69 Å². The van der Waals surface area contributed by atoms with E-state index in [2.05, 4.69) is 29.7 Å². The minimum absolute atomic E-state index is 0.00463. The van der Waals surface area contributed by atoms with Crippen LogP contribution in [0, 0.1) is 19.3 Å². The third kappa shape index (κ3) is 7.60. The molecule has 5 heteroatoms. The number of ether oxygens (including phenoxy) is 1. The summed E-state index contributed by atoms with van der Waals surface area (Å²) in [5.41, 5.74) is 3.64. The molecule has 0 spiro atoms. The van der Waals surface area contributed by atoms with Crippen LogP contribution in [-0.2, 0) is 16.2 Å². The van der Waals surface area contributed by atoms with Gasteiger partial charge in [0.25, 0.3) is 0 Å². The Morgan fingerprint density at radius 1 is 1.03 bits per heavy atom. The summed E-state index contributed by atoms with van der Waals surface area (Å²) in [5, 5.41) is 5.79. The first-order valence-corrected chi connectivity index (χ1v) is 10.0. The zero-order chi connectivity index (χ0) is 21.4. The predicted molar refractivity (Wildman–Crippen MR) is 117 cm³/mol. The van der Waals surface area contributed by atoms with Crippen LogP contribution >= 0.6 is 0 Å². The number of anilines is 1. The second-order valence-corrected chi connectivity index (χ2v) is 8.41. The van der Waals surface area contributed by atoms with E-state index in [1.807, 2.05) is 58.0 Å². The summed E-state index contributed by atoms with van der Waals surface area (Å²) in [5.74, 6) is 0.702. The van der Waals surface area contributed by atoms with E-state index < -0.39 is 5.41 Å². The lowest BCUT2D eigenvalue weighted by Gasteiger charge is -2.17. The molecule has 0 saturated heterocycles. The molecule has 0 atom stereocenters. The Morgan fingerprint density at radius 3 is 2.45 bits per heavy atom. The maximum Gasteiger partial charge on any atom is 0.225 e. The summed E-state index contributed by atoms with van der Waals surface area (Å²) in [6.45, 7) is 10.6. The number of aryl methyl sites for hydroxylation is 2. The molecule has 0 aliphatic rings.